The van der Waals surface area contributed by atoms with Gasteiger partial charge in [-0.15, -0.1) is 0 Å². The third kappa shape index (κ3) is 5.81. The van der Waals surface area contributed by atoms with Crippen LogP contribution in [-0.2, 0) is 9.59 Å². The molecule has 3 aromatic rings. The van der Waals surface area contributed by atoms with Gasteiger partial charge in [-0.3, -0.25) is 9.59 Å². The molecule has 40 heavy (non-hydrogen) atoms. The number of aliphatic imine (C=N–C) groups is 1. The van der Waals surface area contributed by atoms with Crippen LogP contribution in [0.3, 0.4) is 0 Å². The molecule has 0 aromatic heterocycles. The number of hydrazone groups is 1. The number of nitrogens with zero attached hydrogens (tertiary/aromatic N) is 3. The van der Waals surface area contributed by atoms with Crippen molar-refractivity contribution in [1.82, 2.24) is 5.01 Å². The monoisotopic (exact) mass is 558 g/mol. The number of anilines is 1. The molecule has 2 aliphatic heterocycles. The Bertz CT molecular complexity index is 1470. The van der Waals surface area contributed by atoms with Crippen molar-refractivity contribution in [2.24, 2.45) is 10.1 Å². The molecule has 5 rings (SSSR count). The van der Waals surface area contributed by atoms with Gasteiger partial charge in [0, 0.05) is 24.6 Å². The Hall–Kier alpha value is -4.31. The van der Waals surface area contributed by atoms with Gasteiger partial charge < -0.3 is 19.5 Å². The molecule has 0 fully saturated rings. The van der Waals surface area contributed by atoms with E-state index >= 15 is 0 Å². The zero-order valence-electron chi connectivity index (χ0n) is 22.7. The zero-order chi connectivity index (χ0) is 28.2. The summed E-state index contributed by atoms with van der Waals surface area (Å²) in [6.07, 6.45) is 0.619. The highest BCUT2D eigenvalue weighted by Gasteiger charge is 2.39. The lowest BCUT2D eigenvalue weighted by Gasteiger charge is -2.23. The van der Waals surface area contributed by atoms with Crippen molar-refractivity contribution in [3.63, 3.8) is 0 Å². The van der Waals surface area contributed by atoms with Crippen LogP contribution in [0.5, 0.6) is 17.2 Å². The third-order valence-electron chi connectivity index (χ3n) is 6.76. The van der Waals surface area contributed by atoms with Crippen LogP contribution in [0, 0.1) is 6.92 Å². The van der Waals surface area contributed by atoms with E-state index < -0.39 is 5.25 Å². The van der Waals surface area contributed by atoms with Crippen LogP contribution in [0.2, 0.25) is 0 Å². The maximum Gasteiger partial charge on any atom is 0.262 e. The zero-order valence-corrected chi connectivity index (χ0v) is 23.5. The van der Waals surface area contributed by atoms with Gasteiger partial charge in [-0.1, -0.05) is 53.7 Å². The molecule has 2 heterocycles. The first kappa shape index (κ1) is 27.3. The van der Waals surface area contributed by atoms with Crippen molar-refractivity contribution >= 4 is 40.1 Å². The number of aryl methyl sites for hydroxylation is 1. The number of benzene rings is 3. The van der Waals surface area contributed by atoms with Gasteiger partial charge in [-0.2, -0.15) is 10.1 Å². The summed E-state index contributed by atoms with van der Waals surface area (Å²) < 4.78 is 15.9. The minimum Gasteiger partial charge on any atom is -0.497 e. The Morgan fingerprint density at radius 2 is 1.70 bits per heavy atom. The number of carbonyl (C=O) groups is 2. The van der Waals surface area contributed by atoms with Crippen molar-refractivity contribution in [2.45, 2.75) is 31.1 Å². The number of hydrogen-bond donors (Lipinski definition) is 1. The van der Waals surface area contributed by atoms with Crippen LogP contribution in [-0.4, -0.2) is 54.3 Å². The molecule has 9 nitrogen and oxygen atoms in total. The van der Waals surface area contributed by atoms with Crippen LogP contribution >= 0.6 is 11.8 Å². The third-order valence-corrected chi connectivity index (χ3v) is 7.90. The summed E-state index contributed by atoms with van der Waals surface area (Å²) >= 11 is 1.26. The Morgan fingerprint density at radius 1 is 0.975 bits per heavy atom. The van der Waals surface area contributed by atoms with Gasteiger partial charge in [0.05, 0.1) is 33.1 Å². The van der Waals surface area contributed by atoms with Crippen LogP contribution in [0.4, 0.5) is 5.69 Å². The van der Waals surface area contributed by atoms with Gasteiger partial charge in [0.2, 0.25) is 5.91 Å². The summed E-state index contributed by atoms with van der Waals surface area (Å²) in [6, 6.07) is 21.0. The summed E-state index contributed by atoms with van der Waals surface area (Å²) in [7, 11) is 4.71. The standard InChI is InChI=1S/C30H30N4O5S/c1-18-5-7-19(8-6-18)23-16-24(20-9-12-22(37-2)13-10-20)34(33-23)30-32-29(36)27(40-30)17-28(35)31-21-11-14-25(38-3)26(15-21)39-4/h5-15,24,27H,16-17H2,1-4H3,(H,31,35). The van der Waals surface area contributed by atoms with E-state index in [1.807, 2.05) is 36.2 Å². The number of thioether (sulfide) groups is 1. The van der Waals surface area contributed by atoms with Gasteiger partial charge in [0.1, 0.15) is 11.0 Å². The molecule has 0 saturated carbocycles. The summed E-state index contributed by atoms with van der Waals surface area (Å²) in [6.45, 7) is 2.05. The van der Waals surface area contributed by atoms with Gasteiger partial charge in [0.25, 0.3) is 5.91 Å². The molecular weight excluding hydrogens is 528 g/mol. The Labute approximate surface area is 237 Å². The first-order valence-corrected chi connectivity index (χ1v) is 13.6. The van der Waals surface area contributed by atoms with Crippen molar-refractivity contribution in [3.05, 3.63) is 83.4 Å². The highest BCUT2D eigenvalue weighted by molar-refractivity contribution is 8.15. The van der Waals surface area contributed by atoms with E-state index in [-0.39, 0.29) is 24.3 Å². The number of rotatable bonds is 8. The van der Waals surface area contributed by atoms with Gasteiger partial charge in [-0.25, -0.2) is 5.01 Å². The first-order chi connectivity index (χ1) is 19.4. The topological polar surface area (TPSA) is 102 Å². The molecule has 0 aliphatic carbocycles. The number of methoxy groups -OCH3 is 3. The smallest absolute Gasteiger partial charge is 0.262 e. The average molecular weight is 559 g/mol. The van der Waals surface area contributed by atoms with Crippen molar-refractivity contribution in [1.29, 1.82) is 0 Å². The van der Waals surface area contributed by atoms with Gasteiger partial charge >= 0.3 is 0 Å². The molecule has 0 spiro atoms. The number of amides is 2. The van der Waals surface area contributed by atoms with E-state index in [2.05, 4.69) is 34.6 Å². The molecule has 3 aromatic carbocycles. The number of ether oxygens (including phenoxy) is 3. The highest BCUT2D eigenvalue weighted by atomic mass is 32.2. The predicted octanol–water partition coefficient (Wildman–Crippen LogP) is 5.20. The normalized spacial score (nSPS) is 18.3. The Morgan fingerprint density at radius 3 is 2.38 bits per heavy atom. The second-order valence-corrected chi connectivity index (χ2v) is 10.6. The number of carbonyl (C=O) groups excluding carboxylic acids is 2. The van der Waals surface area contributed by atoms with E-state index in [9.17, 15) is 9.59 Å². The summed E-state index contributed by atoms with van der Waals surface area (Å²) in [4.78, 5) is 30.1. The minimum absolute atomic E-state index is 0.0274. The van der Waals surface area contributed by atoms with E-state index in [1.54, 1.807) is 32.4 Å². The van der Waals surface area contributed by atoms with Crippen LogP contribution in [0.25, 0.3) is 0 Å². The predicted molar refractivity (Wildman–Crippen MR) is 157 cm³/mol. The van der Waals surface area contributed by atoms with Gasteiger partial charge in [-0.05, 0) is 42.3 Å². The van der Waals surface area contributed by atoms with Crippen LogP contribution in [0.1, 0.15) is 35.6 Å². The molecule has 0 saturated heterocycles. The molecule has 1 N–H and O–H groups in total. The summed E-state index contributed by atoms with van der Waals surface area (Å²) in [5.74, 6) is 1.17. The van der Waals surface area contributed by atoms with E-state index in [0.29, 0.717) is 28.8 Å². The molecule has 2 aliphatic rings. The Kier molecular flexibility index (Phi) is 8.06. The highest BCUT2D eigenvalue weighted by Crippen LogP contribution is 2.39. The lowest BCUT2D eigenvalue weighted by molar-refractivity contribution is -0.121. The van der Waals surface area contributed by atoms with E-state index in [1.165, 1.54) is 24.4 Å². The number of nitrogens with one attached hydrogen (secondary N) is 1. The fraction of sp³-hybridized carbons (Fsp3) is 0.267. The summed E-state index contributed by atoms with van der Waals surface area (Å²) in [5.41, 5.74) is 4.67. The molecule has 0 bridgehead atoms. The Balaban J connectivity index is 1.33. The van der Waals surface area contributed by atoms with Crippen molar-refractivity contribution in [2.75, 3.05) is 26.6 Å². The quantitative estimate of drug-likeness (QED) is 0.406. The molecule has 0 radical (unpaired) electrons. The lowest BCUT2D eigenvalue weighted by atomic mass is 9.98. The fourth-order valence-electron chi connectivity index (χ4n) is 4.59. The van der Waals surface area contributed by atoms with Crippen LogP contribution in [0.15, 0.2) is 76.8 Å². The fourth-order valence-corrected chi connectivity index (χ4v) is 5.65. The molecule has 2 unspecified atom stereocenters. The molecule has 2 atom stereocenters. The second-order valence-electron chi connectivity index (χ2n) is 9.41. The van der Waals surface area contributed by atoms with E-state index in [4.69, 9.17) is 19.3 Å². The van der Waals surface area contributed by atoms with Crippen LogP contribution < -0.4 is 19.5 Å². The van der Waals surface area contributed by atoms with Crippen molar-refractivity contribution in [3.8, 4) is 17.2 Å². The molecule has 2 amide bonds. The maximum atomic E-state index is 12.9. The molecule has 206 valence electrons. The second kappa shape index (κ2) is 11.8. The van der Waals surface area contributed by atoms with E-state index in [0.717, 1.165) is 22.6 Å². The minimum atomic E-state index is -0.648. The SMILES string of the molecule is COc1ccc(C2CC(c3ccc(C)cc3)=NN2C2=NC(=O)C(CC(=O)Nc3ccc(OC)c(OC)c3)S2)cc1. The van der Waals surface area contributed by atoms with Crippen molar-refractivity contribution < 1.29 is 23.8 Å². The first-order valence-electron chi connectivity index (χ1n) is 12.8. The van der Waals surface area contributed by atoms with Gasteiger partial charge in [0.15, 0.2) is 16.7 Å². The maximum absolute atomic E-state index is 12.9. The molecule has 10 heteroatoms. The summed E-state index contributed by atoms with van der Waals surface area (Å²) in [5, 5.41) is 9.39. The number of amidine groups is 1. The largest absolute Gasteiger partial charge is 0.497 e. The average Bonchev–Trinajstić information content (AvgIpc) is 3.57. The molecular formula is C30H30N4O5S. The lowest BCUT2D eigenvalue weighted by Crippen LogP contribution is -2.25. The number of hydrogen-bond acceptors (Lipinski definition) is 8.